The molecule has 0 aliphatic carbocycles. The number of hydrogen-bond acceptors (Lipinski definition) is 4. The van der Waals surface area contributed by atoms with Crippen LogP contribution in [-0.4, -0.2) is 30.2 Å². The molecule has 0 aliphatic rings. The van der Waals surface area contributed by atoms with E-state index in [0.717, 1.165) is 23.2 Å². The third-order valence-corrected chi connectivity index (χ3v) is 13.1. The molecule has 0 bridgehead atoms. The van der Waals surface area contributed by atoms with Gasteiger partial charge in [0.25, 0.3) is 0 Å². The van der Waals surface area contributed by atoms with E-state index in [0.29, 0.717) is 10.3 Å². The molecular formula is C26H36N4P2. The lowest BCUT2D eigenvalue weighted by Crippen LogP contribution is -2.30. The average Bonchev–Trinajstić information content (AvgIpc) is 2.82. The molecule has 0 unspecified atom stereocenters. The van der Waals surface area contributed by atoms with Gasteiger partial charge in [-0.25, -0.2) is 0 Å². The molecule has 2 heterocycles. The van der Waals surface area contributed by atoms with Crippen LogP contribution in [-0.2, 0) is 12.3 Å². The van der Waals surface area contributed by atoms with Crippen molar-refractivity contribution >= 4 is 26.7 Å². The van der Waals surface area contributed by atoms with Gasteiger partial charge in [-0.3, -0.25) is 19.9 Å². The summed E-state index contributed by atoms with van der Waals surface area (Å²) in [5, 5.41) is 0.672. The lowest BCUT2D eigenvalue weighted by Gasteiger charge is -2.45. The van der Waals surface area contributed by atoms with Crippen LogP contribution in [0.5, 0.6) is 0 Å². The van der Waals surface area contributed by atoms with Crippen LogP contribution in [0.1, 0.15) is 65.5 Å². The molecular weight excluding hydrogens is 430 g/mol. The maximum Gasteiger partial charge on any atom is 0.0877 e. The molecule has 0 spiro atoms. The monoisotopic (exact) mass is 466 g/mol. The third-order valence-electron chi connectivity index (χ3n) is 6.62. The number of benzene rings is 1. The van der Waals surface area contributed by atoms with Crippen LogP contribution in [0.15, 0.2) is 61.4 Å². The summed E-state index contributed by atoms with van der Waals surface area (Å²) >= 11 is 0. The number of aromatic nitrogens is 4. The van der Waals surface area contributed by atoms with Gasteiger partial charge in [0.1, 0.15) is 0 Å². The largest absolute Gasteiger partial charge is 0.261 e. The minimum Gasteiger partial charge on any atom is -0.261 e. The van der Waals surface area contributed by atoms with Gasteiger partial charge in [0.05, 0.1) is 23.3 Å². The van der Waals surface area contributed by atoms with E-state index in [1.807, 2.05) is 12.4 Å². The first-order chi connectivity index (χ1) is 15.3. The van der Waals surface area contributed by atoms with Crippen LogP contribution >= 0.6 is 15.8 Å². The highest BCUT2D eigenvalue weighted by Crippen LogP contribution is 2.64. The van der Waals surface area contributed by atoms with E-state index in [-0.39, 0.29) is 7.92 Å². The fraction of sp³-hybridized carbons (Fsp3) is 0.462. The van der Waals surface area contributed by atoms with E-state index < -0.39 is 7.92 Å². The van der Waals surface area contributed by atoms with Crippen molar-refractivity contribution in [3.8, 4) is 0 Å². The van der Waals surface area contributed by atoms with E-state index in [1.54, 1.807) is 24.8 Å². The van der Waals surface area contributed by atoms with E-state index in [1.165, 1.54) is 24.0 Å². The quantitative estimate of drug-likeness (QED) is 0.331. The van der Waals surface area contributed by atoms with Crippen molar-refractivity contribution in [2.75, 3.05) is 0 Å². The second-order valence-electron chi connectivity index (χ2n) is 9.40. The minimum absolute atomic E-state index is 0.222. The predicted octanol–water partition coefficient (Wildman–Crippen LogP) is 6.26. The van der Waals surface area contributed by atoms with Gasteiger partial charge in [-0.1, -0.05) is 73.7 Å². The molecule has 0 fully saturated rings. The SMILES string of the molecule is CCC(C)(C)P(Cc1ccccc1CP(c1cnccn1)c1cnccn1)C(C)(C)CC. The molecule has 170 valence electrons. The fourth-order valence-corrected chi connectivity index (χ4v) is 9.92. The lowest BCUT2D eigenvalue weighted by molar-refractivity contribution is 0.601. The first-order valence-electron chi connectivity index (χ1n) is 11.4. The van der Waals surface area contributed by atoms with Crippen molar-refractivity contribution in [1.82, 2.24) is 19.9 Å². The van der Waals surface area contributed by atoms with Gasteiger partial charge in [-0.05, 0) is 40.4 Å². The molecule has 0 amide bonds. The first kappa shape index (κ1) is 24.9. The van der Waals surface area contributed by atoms with E-state index in [2.05, 4.69) is 85.7 Å². The zero-order chi connectivity index (χ0) is 23.2. The fourth-order valence-electron chi connectivity index (χ4n) is 3.98. The summed E-state index contributed by atoms with van der Waals surface area (Å²) < 4.78 is 0. The summed E-state index contributed by atoms with van der Waals surface area (Å²) in [5.41, 5.74) is 4.88. The average molecular weight is 467 g/mol. The van der Waals surface area contributed by atoms with Gasteiger partial charge >= 0.3 is 0 Å². The second kappa shape index (κ2) is 10.9. The Morgan fingerprint density at radius 2 is 1.16 bits per heavy atom. The molecule has 3 rings (SSSR count). The zero-order valence-corrected chi connectivity index (χ0v) is 22.1. The Balaban J connectivity index is 1.99. The van der Waals surface area contributed by atoms with Crippen LogP contribution in [0.4, 0.5) is 0 Å². The van der Waals surface area contributed by atoms with Crippen LogP contribution in [0.2, 0.25) is 0 Å². The Kier molecular flexibility index (Phi) is 8.48. The molecule has 0 N–H and O–H groups in total. The maximum absolute atomic E-state index is 4.65. The van der Waals surface area contributed by atoms with Gasteiger partial charge in [-0.2, -0.15) is 0 Å². The molecule has 4 nitrogen and oxygen atoms in total. The first-order valence-corrected chi connectivity index (χ1v) is 14.5. The van der Waals surface area contributed by atoms with Crippen molar-refractivity contribution < 1.29 is 0 Å². The van der Waals surface area contributed by atoms with Gasteiger partial charge in [0.15, 0.2) is 0 Å². The van der Waals surface area contributed by atoms with E-state index in [4.69, 9.17) is 0 Å². The van der Waals surface area contributed by atoms with E-state index >= 15 is 0 Å². The highest BCUT2D eigenvalue weighted by atomic mass is 31.1. The molecule has 0 radical (unpaired) electrons. The van der Waals surface area contributed by atoms with Gasteiger partial charge in [0, 0.05) is 38.9 Å². The number of rotatable bonds is 10. The molecule has 6 heteroatoms. The Labute approximate surface area is 196 Å². The molecule has 2 aromatic heterocycles. The summed E-state index contributed by atoms with van der Waals surface area (Å²) in [6.07, 6.45) is 15.3. The van der Waals surface area contributed by atoms with Crippen molar-refractivity contribution in [1.29, 1.82) is 0 Å². The molecule has 0 saturated heterocycles. The minimum atomic E-state index is -0.772. The van der Waals surface area contributed by atoms with Crippen molar-refractivity contribution in [3.05, 3.63) is 72.6 Å². The van der Waals surface area contributed by atoms with Crippen molar-refractivity contribution in [3.63, 3.8) is 0 Å². The Morgan fingerprint density at radius 3 is 1.56 bits per heavy atom. The molecule has 0 atom stereocenters. The Hall–Kier alpha value is -1.76. The Bertz CT molecular complexity index is 922. The summed E-state index contributed by atoms with van der Waals surface area (Å²) in [6.45, 7) is 14.5. The number of nitrogens with zero attached hydrogens (tertiary/aromatic N) is 4. The Morgan fingerprint density at radius 1 is 0.688 bits per heavy atom. The smallest absolute Gasteiger partial charge is 0.0877 e. The topological polar surface area (TPSA) is 51.6 Å². The summed E-state index contributed by atoms with van der Waals surface area (Å²) in [4.78, 5) is 18.0. The normalized spacial score (nSPS) is 12.5. The van der Waals surface area contributed by atoms with Crippen molar-refractivity contribution in [2.24, 2.45) is 0 Å². The highest BCUT2D eigenvalue weighted by Gasteiger charge is 2.38. The van der Waals surface area contributed by atoms with Crippen molar-refractivity contribution in [2.45, 2.75) is 77.0 Å². The summed E-state index contributed by atoms with van der Waals surface area (Å²) in [5.74, 6) is 0. The predicted molar refractivity (Wildman–Crippen MR) is 140 cm³/mol. The van der Waals surface area contributed by atoms with Crippen LogP contribution in [0, 0.1) is 0 Å². The lowest BCUT2D eigenvalue weighted by atomic mass is 10.1. The molecule has 0 saturated carbocycles. The van der Waals surface area contributed by atoms with Crippen LogP contribution in [0.3, 0.4) is 0 Å². The third kappa shape index (κ3) is 5.97. The summed E-state index contributed by atoms with van der Waals surface area (Å²) in [6, 6.07) is 8.99. The van der Waals surface area contributed by atoms with Crippen LogP contribution < -0.4 is 10.9 Å². The van der Waals surface area contributed by atoms with Crippen LogP contribution in [0.25, 0.3) is 0 Å². The molecule has 3 aromatic rings. The maximum atomic E-state index is 4.65. The standard InChI is InChI=1S/C26H36N4P2/c1-7-25(3,4)32(26(5,6)8-2)20-22-12-10-9-11-21(22)19-31(23-17-27-13-15-29-23)24-18-28-14-16-30-24/h9-18H,7-8,19-20H2,1-6H3. The molecule has 1 aromatic carbocycles. The molecule has 32 heavy (non-hydrogen) atoms. The second-order valence-corrected chi connectivity index (χ2v) is 15.1. The zero-order valence-electron chi connectivity index (χ0n) is 20.3. The van der Waals surface area contributed by atoms with Gasteiger partial charge in [-0.15, -0.1) is 0 Å². The van der Waals surface area contributed by atoms with Gasteiger partial charge < -0.3 is 0 Å². The van der Waals surface area contributed by atoms with Gasteiger partial charge in [0.2, 0.25) is 0 Å². The highest BCUT2D eigenvalue weighted by molar-refractivity contribution is 7.71. The molecule has 0 aliphatic heterocycles. The van der Waals surface area contributed by atoms with E-state index in [9.17, 15) is 0 Å². The summed E-state index contributed by atoms with van der Waals surface area (Å²) in [7, 11) is -0.994. The number of hydrogen-bond donors (Lipinski definition) is 0.